The van der Waals surface area contributed by atoms with Gasteiger partial charge in [-0.2, -0.15) is 0 Å². The van der Waals surface area contributed by atoms with Crippen molar-refractivity contribution in [3.05, 3.63) is 11.1 Å². The predicted octanol–water partition coefficient (Wildman–Crippen LogP) is 1.81. The number of aromatic nitrogens is 1. The Hall–Kier alpha value is -0.360. The fourth-order valence-corrected chi connectivity index (χ4v) is 3.11. The van der Waals surface area contributed by atoms with Crippen LogP contribution in [0.15, 0.2) is 6.20 Å². The number of rotatable bonds is 4. The second-order valence-electron chi connectivity index (χ2n) is 4.87. The number of thiazole rings is 1. The molecule has 1 aromatic heterocycles. The Balaban J connectivity index is 0.00000162. The molecular formula is C12H23ClN4S. The van der Waals surface area contributed by atoms with E-state index in [9.17, 15) is 0 Å². The molecule has 1 aliphatic heterocycles. The fraction of sp³-hybridized carbons (Fsp3) is 0.750. The van der Waals surface area contributed by atoms with Crippen molar-refractivity contribution in [1.82, 2.24) is 15.2 Å². The van der Waals surface area contributed by atoms with Gasteiger partial charge in [-0.25, -0.2) is 4.98 Å². The summed E-state index contributed by atoms with van der Waals surface area (Å²) in [6.07, 6.45) is 4.62. The Morgan fingerprint density at radius 1 is 1.56 bits per heavy atom. The lowest BCUT2D eigenvalue weighted by Crippen LogP contribution is -2.43. The smallest absolute Gasteiger partial charge is 0.185 e. The van der Waals surface area contributed by atoms with Gasteiger partial charge >= 0.3 is 0 Å². The molecule has 18 heavy (non-hydrogen) atoms. The second-order valence-corrected chi connectivity index (χ2v) is 5.96. The summed E-state index contributed by atoms with van der Waals surface area (Å²) in [6, 6.07) is 0.657. The average molecular weight is 291 g/mol. The van der Waals surface area contributed by atoms with Gasteiger partial charge in [0.15, 0.2) is 5.13 Å². The number of halogens is 1. The molecule has 1 fully saturated rings. The number of piperidine rings is 1. The molecule has 1 atom stereocenters. The van der Waals surface area contributed by atoms with Crippen LogP contribution in [-0.2, 0) is 6.54 Å². The van der Waals surface area contributed by atoms with Gasteiger partial charge in [-0.3, -0.25) is 4.90 Å². The predicted molar refractivity (Wildman–Crippen MR) is 81.0 cm³/mol. The summed E-state index contributed by atoms with van der Waals surface area (Å²) in [5.74, 6) is 0. The van der Waals surface area contributed by atoms with Gasteiger partial charge in [0.2, 0.25) is 0 Å². The van der Waals surface area contributed by atoms with Crippen molar-refractivity contribution in [3.8, 4) is 0 Å². The maximum Gasteiger partial charge on any atom is 0.185 e. The van der Waals surface area contributed by atoms with E-state index in [2.05, 4.69) is 27.1 Å². The summed E-state index contributed by atoms with van der Waals surface area (Å²) in [4.78, 5) is 10.4. The maximum atomic E-state index is 4.42. The third-order valence-corrected chi connectivity index (χ3v) is 4.37. The summed E-state index contributed by atoms with van der Waals surface area (Å²) in [5, 5.41) is 4.48. The van der Waals surface area contributed by atoms with Gasteiger partial charge in [0.05, 0.1) is 0 Å². The Morgan fingerprint density at radius 3 is 2.94 bits per heavy atom. The third-order valence-electron chi connectivity index (χ3n) is 3.22. The maximum absolute atomic E-state index is 4.42. The zero-order chi connectivity index (χ0) is 12.3. The van der Waals surface area contributed by atoms with E-state index < -0.39 is 0 Å². The molecule has 0 aromatic carbocycles. The summed E-state index contributed by atoms with van der Waals surface area (Å²) in [6.45, 7) is 3.42. The summed E-state index contributed by atoms with van der Waals surface area (Å²) >= 11 is 1.80. The lowest BCUT2D eigenvalue weighted by Gasteiger charge is -2.32. The molecule has 0 aliphatic carbocycles. The van der Waals surface area contributed by atoms with E-state index in [1.807, 2.05) is 20.3 Å². The van der Waals surface area contributed by atoms with Crippen LogP contribution >= 0.6 is 23.7 Å². The van der Waals surface area contributed by atoms with Gasteiger partial charge in [-0.1, -0.05) is 0 Å². The van der Waals surface area contributed by atoms with E-state index in [1.54, 1.807) is 11.3 Å². The molecule has 1 unspecified atom stereocenters. The Bertz CT molecular complexity index is 356. The number of likely N-dealkylation sites (N-methyl/N-ethyl adjacent to an activating group) is 1. The molecule has 104 valence electrons. The van der Waals surface area contributed by atoms with Crippen LogP contribution in [0.4, 0.5) is 5.13 Å². The highest BCUT2D eigenvalue weighted by atomic mass is 35.5. The Labute approximate surface area is 120 Å². The number of nitrogens with one attached hydrogen (secondary N) is 1. The van der Waals surface area contributed by atoms with Gasteiger partial charge < -0.3 is 10.2 Å². The molecule has 6 heteroatoms. The number of hydrogen-bond acceptors (Lipinski definition) is 5. The van der Waals surface area contributed by atoms with Gasteiger partial charge in [0, 0.05) is 44.3 Å². The largest absolute Gasteiger partial charge is 0.354 e. The Kier molecular flexibility index (Phi) is 6.35. The van der Waals surface area contributed by atoms with E-state index in [1.165, 1.54) is 24.3 Å². The standard InChI is InChI=1S/C12H22N4S.ClH/c1-13-10-5-4-6-16(8-10)9-11-7-14-12(17-11)15(2)3;/h7,10,13H,4-6,8-9H2,1-3H3;1H. The van der Waals surface area contributed by atoms with Gasteiger partial charge in [-0.05, 0) is 26.4 Å². The van der Waals surface area contributed by atoms with Crippen molar-refractivity contribution < 1.29 is 0 Å². The van der Waals surface area contributed by atoms with E-state index in [-0.39, 0.29) is 12.4 Å². The van der Waals surface area contributed by atoms with Crippen LogP contribution < -0.4 is 10.2 Å². The van der Waals surface area contributed by atoms with E-state index in [0.29, 0.717) is 6.04 Å². The molecule has 1 aliphatic rings. The molecule has 2 heterocycles. The number of likely N-dealkylation sites (tertiary alicyclic amines) is 1. The second kappa shape index (κ2) is 7.28. The van der Waals surface area contributed by atoms with Crippen LogP contribution in [0.2, 0.25) is 0 Å². The molecule has 0 radical (unpaired) electrons. The van der Waals surface area contributed by atoms with Crippen LogP contribution in [0, 0.1) is 0 Å². The summed E-state index contributed by atoms with van der Waals surface area (Å²) in [7, 11) is 6.14. The highest BCUT2D eigenvalue weighted by Crippen LogP contribution is 2.23. The minimum Gasteiger partial charge on any atom is -0.354 e. The molecular weight excluding hydrogens is 268 g/mol. The lowest BCUT2D eigenvalue weighted by atomic mass is 10.1. The Morgan fingerprint density at radius 2 is 2.33 bits per heavy atom. The summed E-state index contributed by atoms with van der Waals surface area (Å²) in [5.41, 5.74) is 0. The first-order valence-electron chi connectivity index (χ1n) is 6.20. The summed E-state index contributed by atoms with van der Waals surface area (Å²) < 4.78 is 0. The van der Waals surface area contributed by atoms with Crippen molar-refractivity contribution in [2.45, 2.75) is 25.4 Å². The minimum absolute atomic E-state index is 0. The highest BCUT2D eigenvalue weighted by molar-refractivity contribution is 7.15. The van der Waals surface area contributed by atoms with Crippen LogP contribution in [0.5, 0.6) is 0 Å². The SMILES string of the molecule is CNC1CCCN(Cc2cnc(N(C)C)s2)C1.Cl. The number of hydrogen-bond donors (Lipinski definition) is 1. The van der Waals surface area contributed by atoms with Gasteiger partial charge in [-0.15, -0.1) is 23.7 Å². The minimum atomic E-state index is 0. The molecule has 2 rings (SSSR count). The van der Waals surface area contributed by atoms with Crippen molar-refractivity contribution >= 4 is 28.9 Å². The van der Waals surface area contributed by atoms with Gasteiger partial charge in [0.25, 0.3) is 0 Å². The molecule has 4 nitrogen and oxygen atoms in total. The number of nitrogens with zero attached hydrogens (tertiary/aromatic N) is 3. The van der Waals surface area contributed by atoms with Crippen LogP contribution in [0.1, 0.15) is 17.7 Å². The van der Waals surface area contributed by atoms with Gasteiger partial charge in [0.1, 0.15) is 0 Å². The molecule has 1 saturated heterocycles. The zero-order valence-electron chi connectivity index (χ0n) is 11.3. The van der Waals surface area contributed by atoms with Crippen molar-refractivity contribution in [3.63, 3.8) is 0 Å². The van der Waals surface area contributed by atoms with E-state index in [0.717, 1.165) is 18.2 Å². The fourth-order valence-electron chi connectivity index (χ4n) is 2.23. The third kappa shape index (κ3) is 4.09. The first kappa shape index (κ1) is 15.7. The average Bonchev–Trinajstić information content (AvgIpc) is 2.78. The van der Waals surface area contributed by atoms with Crippen molar-refractivity contribution in [2.24, 2.45) is 0 Å². The van der Waals surface area contributed by atoms with E-state index >= 15 is 0 Å². The zero-order valence-corrected chi connectivity index (χ0v) is 13.0. The molecule has 1 N–H and O–H groups in total. The van der Waals surface area contributed by atoms with Crippen LogP contribution in [-0.4, -0.2) is 50.2 Å². The molecule has 0 saturated carbocycles. The first-order chi connectivity index (χ1) is 8.19. The highest BCUT2D eigenvalue weighted by Gasteiger charge is 2.19. The number of anilines is 1. The first-order valence-corrected chi connectivity index (χ1v) is 7.02. The lowest BCUT2D eigenvalue weighted by molar-refractivity contribution is 0.189. The molecule has 1 aromatic rings. The quantitative estimate of drug-likeness (QED) is 0.916. The van der Waals surface area contributed by atoms with Crippen LogP contribution in [0.25, 0.3) is 0 Å². The normalized spacial score (nSPS) is 20.5. The monoisotopic (exact) mass is 290 g/mol. The topological polar surface area (TPSA) is 31.4 Å². The molecule has 0 spiro atoms. The van der Waals surface area contributed by atoms with Crippen molar-refractivity contribution in [1.29, 1.82) is 0 Å². The van der Waals surface area contributed by atoms with Crippen molar-refractivity contribution in [2.75, 3.05) is 39.1 Å². The van der Waals surface area contributed by atoms with E-state index in [4.69, 9.17) is 0 Å². The van der Waals surface area contributed by atoms with Crippen LogP contribution in [0.3, 0.4) is 0 Å². The molecule has 0 amide bonds. The molecule has 0 bridgehead atoms.